The number of methoxy groups -OCH3 is 1. The van der Waals surface area contributed by atoms with E-state index in [1.807, 2.05) is 12.1 Å². The fraction of sp³-hybridized carbons (Fsp3) is 0.647. The molecule has 1 aliphatic rings. The first-order valence-corrected chi connectivity index (χ1v) is 7.32. The highest BCUT2D eigenvalue weighted by Gasteiger charge is 2.36. The van der Waals surface area contributed by atoms with Crippen LogP contribution in [0.4, 0.5) is 0 Å². The van der Waals surface area contributed by atoms with E-state index < -0.39 is 5.60 Å². The van der Waals surface area contributed by atoms with Crippen LogP contribution < -0.4 is 4.74 Å². The van der Waals surface area contributed by atoms with Crippen LogP contribution in [0.15, 0.2) is 24.3 Å². The van der Waals surface area contributed by atoms with Crippen LogP contribution >= 0.6 is 0 Å². The Morgan fingerprint density at radius 3 is 2.21 bits per heavy atom. The molecule has 1 aromatic carbocycles. The highest BCUT2D eigenvalue weighted by Crippen LogP contribution is 2.39. The first-order valence-electron chi connectivity index (χ1n) is 7.32. The fourth-order valence-corrected chi connectivity index (χ4v) is 3.35. The van der Waals surface area contributed by atoms with E-state index in [0.29, 0.717) is 0 Å². The molecule has 1 N–H and O–H groups in total. The Morgan fingerprint density at radius 2 is 1.68 bits per heavy atom. The average Bonchev–Trinajstić information content (AvgIpc) is 2.38. The molecule has 0 radical (unpaired) electrons. The molecule has 1 saturated carbocycles. The summed E-state index contributed by atoms with van der Waals surface area (Å²) >= 11 is 0. The maximum Gasteiger partial charge on any atom is 0.118 e. The van der Waals surface area contributed by atoms with Gasteiger partial charge in [0.2, 0.25) is 0 Å². The Labute approximate surface area is 116 Å². The molecule has 106 valence electrons. The molecule has 19 heavy (non-hydrogen) atoms. The van der Waals surface area contributed by atoms with Crippen LogP contribution in [-0.2, 0) is 5.41 Å². The molecule has 0 bridgehead atoms. The van der Waals surface area contributed by atoms with Gasteiger partial charge in [0.25, 0.3) is 0 Å². The van der Waals surface area contributed by atoms with Crippen LogP contribution in [0, 0.1) is 0 Å². The minimum Gasteiger partial charge on any atom is -0.497 e. The van der Waals surface area contributed by atoms with E-state index in [4.69, 9.17) is 4.74 Å². The topological polar surface area (TPSA) is 29.5 Å². The van der Waals surface area contributed by atoms with E-state index in [2.05, 4.69) is 26.0 Å². The zero-order chi connectivity index (χ0) is 13.9. The molecule has 1 aliphatic carbocycles. The van der Waals surface area contributed by atoms with E-state index in [1.165, 1.54) is 12.0 Å². The molecule has 0 aromatic heterocycles. The Hall–Kier alpha value is -1.02. The standard InChI is InChI=1S/C17H26O2/c1-16(2,13-17(18)11-5-4-6-12-17)14-7-9-15(19-3)10-8-14/h7-10,18H,4-6,11-13H2,1-3H3. The van der Waals surface area contributed by atoms with E-state index >= 15 is 0 Å². The quantitative estimate of drug-likeness (QED) is 0.886. The molecule has 0 unspecified atom stereocenters. The number of ether oxygens (including phenoxy) is 1. The van der Waals surface area contributed by atoms with Gasteiger partial charge in [-0.15, -0.1) is 0 Å². The van der Waals surface area contributed by atoms with E-state index in [-0.39, 0.29) is 5.41 Å². The average molecular weight is 262 g/mol. The molecule has 0 saturated heterocycles. The molecule has 0 heterocycles. The monoisotopic (exact) mass is 262 g/mol. The Balaban J connectivity index is 2.11. The van der Waals surface area contributed by atoms with Gasteiger partial charge < -0.3 is 9.84 Å². The van der Waals surface area contributed by atoms with Gasteiger partial charge in [0.1, 0.15) is 5.75 Å². The second-order valence-corrected chi connectivity index (χ2v) is 6.57. The molecule has 1 aromatic rings. The van der Waals surface area contributed by atoms with Gasteiger partial charge in [-0.25, -0.2) is 0 Å². The fourth-order valence-electron chi connectivity index (χ4n) is 3.35. The lowest BCUT2D eigenvalue weighted by atomic mass is 9.70. The van der Waals surface area contributed by atoms with Crippen molar-refractivity contribution >= 4 is 0 Å². The summed E-state index contributed by atoms with van der Waals surface area (Å²) in [6, 6.07) is 8.24. The lowest BCUT2D eigenvalue weighted by Gasteiger charge is -2.39. The highest BCUT2D eigenvalue weighted by atomic mass is 16.5. The molecular weight excluding hydrogens is 236 g/mol. The first kappa shape index (κ1) is 14.4. The van der Waals surface area contributed by atoms with Gasteiger partial charge in [-0.05, 0) is 42.4 Å². The second-order valence-electron chi connectivity index (χ2n) is 6.57. The summed E-state index contributed by atoms with van der Waals surface area (Å²) in [6.45, 7) is 4.45. The van der Waals surface area contributed by atoms with Gasteiger partial charge in [-0.3, -0.25) is 0 Å². The zero-order valence-electron chi connectivity index (χ0n) is 12.4. The minimum absolute atomic E-state index is 0.00163. The summed E-state index contributed by atoms with van der Waals surface area (Å²) in [5.74, 6) is 0.885. The van der Waals surface area contributed by atoms with Gasteiger partial charge in [0.05, 0.1) is 12.7 Å². The molecule has 0 amide bonds. The third kappa shape index (κ3) is 3.50. The summed E-state index contributed by atoms with van der Waals surface area (Å²) in [5, 5.41) is 10.7. The van der Waals surface area contributed by atoms with Gasteiger partial charge in [0, 0.05) is 0 Å². The smallest absolute Gasteiger partial charge is 0.118 e. The number of hydrogen-bond acceptors (Lipinski definition) is 2. The van der Waals surface area contributed by atoms with Gasteiger partial charge in [-0.2, -0.15) is 0 Å². The van der Waals surface area contributed by atoms with Crippen molar-refractivity contribution in [1.82, 2.24) is 0 Å². The van der Waals surface area contributed by atoms with Crippen molar-refractivity contribution in [1.29, 1.82) is 0 Å². The van der Waals surface area contributed by atoms with Crippen LogP contribution in [0.2, 0.25) is 0 Å². The van der Waals surface area contributed by atoms with Crippen LogP contribution in [0.1, 0.15) is 57.9 Å². The predicted molar refractivity (Wildman–Crippen MR) is 78.7 cm³/mol. The Kier molecular flexibility index (Phi) is 4.19. The summed E-state index contributed by atoms with van der Waals surface area (Å²) < 4.78 is 5.20. The van der Waals surface area contributed by atoms with Crippen LogP contribution in [0.5, 0.6) is 5.75 Å². The second kappa shape index (κ2) is 5.54. The van der Waals surface area contributed by atoms with Crippen molar-refractivity contribution in [3.05, 3.63) is 29.8 Å². The van der Waals surface area contributed by atoms with Crippen molar-refractivity contribution in [3.63, 3.8) is 0 Å². The van der Waals surface area contributed by atoms with E-state index in [1.54, 1.807) is 7.11 Å². The number of hydrogen-bond donors (Lipinski definition) is 1. The van der Waals surface area contributed by atoms with Crippen LogP contribution in [0.25, 0.3) is 0 Å². The third-order valence-electron chi connectivity index (χ3n) is 4.43. The number of aliphatic hydroxyl groups is 1. The molecule has 0 aliphatic heterocycles. The lowest BCUT2D eigenvalue weighted by Crippen LogP contribution is -2.38. The van der Waals surface area contributed by atoms with Crippen LogP contribution in [-0.4, -0.2) is 17.8 Å². The molecular formula is C17H26O2. The van der Waals surface area contributed by atoms with E-state index in [9.17, 15) is 5.11 Å². The van der Waals surface area contributed by atoms with E-state index in [0.717, 1.165) is 37.9 Å². The summed E-state index contributed by atoms with van der Waals surface area (Å²) in [4.78, 5) is 0. The maximum atomic E-state index is 10.7. The largest absolute Gasteiger partial charge is 0.497 e. The normalized spacial score (nSPS) is 19.2. The summed E-state index contributed by atoms with van der Waals surface area (Å²) in [7, 11) is 1.69. The van der Waals surface area contributed by atoms with Gasteiger partial charge in [0.15, 0.2) is 0 Å². The van der Waals surface area contributed by atoms with Gasteiger partial charge >= 0.3 is 0 Å². The van der Waals surface area contributed by atoms with Crippen LogP contribution in [0.3, 0.4) is 0 Å². The lowest BCUT2D eigenvalue weighted by molar-refractivity contribution is -0.0195. The first-order chi connectivity index (χ1) is 8.95. The summed E-state index contributed by atoms with van der Waals surface area (Å²) in [6.07, 6.45) is 6.33. The zero-order valence-corrected chi connectivity index (χ0v) is 12.4. The van der Waals surface area contributed by atoms with Crippen molar-refractivity contribution in [3.8, 4) is 5.75 Å². The molecule has 2 nitrogen and oxygen atoms in total. The Morgan fingerprint density at radius 1 is 1.11 bits per heavy atom. The van der Waals surface area contributed by atoms with Gasteiger partial charge in [-0.1, -0.05) is 45.2 Å². The van der Waals surface area contributed by atoms with Crippen molar-refractivity contribution in [2.45, 2.75) is 63.4 Å². The highest BCUT2D eigenvalue weighted by molar-refractivity contribution is 5.31. The maximum absolute atomic E-state index is 10.7. The predicted octanol–water partition coefficient (Wildman–Crippen LogP) is 4.06. The SMILES string of the molecule is COc1ccc(C(C)(C)CC2(O)CCCCC2)cc1. The minimum atomic E-state index is -0.471. The number of rotatable bonds is 4. The van der Waals surface area contributed by atoms with Crippen molar-refractivity contribution in [2.24, 2.45) is 0 Å². The molecule has 1 fully saturated rings. The molecule has 0 spiro atoms. The molecule has 0 atom stereocenters. The molecule has 2 rings (SSSR count). The van der Waals surface area contributed by atoms with Crippen molar-refractivity contribution in [2.75, 3.05) is 7.11 Å². The summed E-state index contributed by atoms with van der Waals surface area (Å²) in [5.41, 5.74) is 0.798. The third-order valence-corrected chi connectivity index (χ3v) is 4.43. The van der Waals surface area contributed by atoms with Crippen molar-refractivity contribution < 1.29 is 9.84 Å². The molecule has 2 heteroatoms. The number of benzene rings is 1. The Bertz CT molecular complexity index is 400.